The van der Waals surface area contributed by atoms with Gasteiger partial charge in [-0.2, -0.15) is 5.12 Å². The lowest BCUT2D eigenvalue weighted by atomic mass is 10.2. The Morgan fingerprint density at radius 2 is 1.40 bits per heavy atom. The van der Waals surface area contributed by atoms with Crippen molar-refractivity contribution in [1.82, 2.24) is 30.5 Å². The fourth-order valence-corrected chi connectivity index (χ4v) is 4.73. The molecule has 0 bridgehead atoms. The number of piperazine rings is 1. The highest BCUT2D eigenvalue weighted by Gasteiger charge is 2.39. The van der Waals surface area contributed by atoms with E-state index < -0.39 is 0 Å². The molecule has 1 unspecified atom stereocenters. The van der Waals surface area contributed by atoms with E-state index in [0.29, 0.717) is 6.17 Å². The number of hydrazine groups is 3. The predicted octanol–water partition coefficient (Wildman–Crippen LogP) is 0.569. The van der Waals surface area contributed by atoms with Crippen LogP contribution in [0.2, 0.25) is 0 Å². The molecule has 4 saturated heterocycles. The Kier molecular flexibility index (Phi) is 6.57. The van der Waals surface area contributed by atoms with Crippen LogP contribution in [0, 0.1) is 0 Å². The highest BCUT2D eigenvalue weighted by Crippen LogP contribution is 2.27. The summed E-state index contributed by atoms with van der Waals surface area (Å²) in [6.45, 7) is 11.9. The molecule has 0 spiro atoms. The van der Waals surface area contributed by atoms with Gasteiger partial charge in [0.05, 0.1) is 19.4 Å². The number of piperidine rings is 1. The Bertz CT molecular complexity index is 365. The maximum absolute atomic E-state index is 5.66. The van der Waals surface area contributed by atoms with Gasteiger partial charge in [-0.25, -0.2) is 10.0 Å². The maximum atomic E-state index is 5.66. The zero-order valence-corrected chi connectivity index (χ0v) is 15.7. The van der Waals surface area contributed by atoms with Gasteiger partial charge in [0.15, 0.2) is 0 Å². The highest BCUT2D eigenvalue weighted by molar-refractivity contribution is 4.80. The van der Waals surface area contributed by atoms with E-state index in [-0.39, 0.29) is 0 Å². The third kappa shape index (κ3) is 4.35. The number of hydrogen-bond acceptors (Lipinski definition) is 7. The van der Waals surface area contributed by atoms with Crippen molar-refractivity contribution < 1.29 is 4.74 Å². The molecule has 4 heterocycles. The minimum atomic E-state index is 0.504. The second-order valence-electron chi connectivity index (χ2n) is 7.76. The molecule has 4 fully saturated rings. The first-order chi connectivity index (χ1) is 12.4. The standard InChI is InChI=1S/C18H36N6O/c1-3-9-21(10-4-1)23-11-5-2-6-18(20-12-7-19-8-13-20)24(23)22-14-16-25-17-15-22/h18-19H,1-17H2. The molecule has 0 saturated carbocycles. The SMILES string of the molecule is C1CCN(N2CCCCC(N3CCNCC3)N2N2CCOCC2)CC1. The van der Waals surface area contributed by atoms with Crippen LogP contribution in [0.3, 0.4) is 0 Å². The molecule has 4 aliphatic rings. The molecule has 7 heteroatoms. The second-order valence-corrected chi connectivity index (χ2v) is 7.76. The van der Waals surface area contributed by atoms with Gasteiger partial charge in [-0.05, 0) is 32.1 Å². The Morgan fingerprint density at radius 1 is 0.680 bits per heavy atom. The molecule has 4 aliphatic heterocycles. The van der Waals surface area contributed by atoms with E-state index in [2.05, 4.69) is 30.5 Å². The van der Waals surface area contributed by atoms with E-state index in [4.69, 9.17) is 4.74 Å². The summed E-state index contributed by atoms with van der Waals surface area (Å²) in [5, 5.41) is 14.0. The largest absolute Gasteiger partial charge is 0.379 e. The van der Waals surface area contributed by atoms with Gasteiger partial charge in [0.2, 0.25) is 0 Å². The first-order valence-corrected chi connectivity index (χ1v) is 10.5. The van der Waals surface area contributed by atoms with Crippen LogP contribution >= 0.6 is 0 Å². The summed E-state index contributed by atoms with van der Waals surface area (Å²) in [4.78, 5) is 2.72. The molecule has 144 valence electrons. The molecule has 0 aromatic carbocycles. The van der Waals surface area contributed by atoms with Crippen LogP contribution in [0.15, 0.2) is 0 Å². The molecule has 0 amide bonds. The first kappa shape index (κ1) is 18.1. The molecule has 0 aromatic heterocycles. The number of hydrogen-bond donors (Lipinski definition) is 1. The fourth-order valence-electron chi connectivity index (χ4n) is 4.73. The summed E-state index contributed by atoms with van der Waals surface area (Å²) in [6.07, 6.45) is 8.49. The van der Waals surface area contributed by atoms with Crippen molar-refractivity contribution in [3.05, 3.63) is 0 Å². The van der Waals surface area contributed by atoms with Crippen LogP contribution in [0.25, 0.3) is 0 Å². The summed E-state index contributed by atoms with van der Waals surface area (Å²) in [5.41, 5.74) is 0. The number of nitrogens with one attached hydrogen (secondary N) is 1. The fraction of sp³-hybridized carbons (Fsp3) is 1.00. The molecule has 25 heavy (non-hydrogen) atoms. The van der Waals surface area contributed by atoms with Gasteiger partial charge >= 0.3 is 0 Å². The lowest BCUT2D eigenvalue weighted by Gasteiger charge is -2.53. The minimum Gasteiger partial charge on any atom is -0.379 e. The van der Waals surface area contributed by atoms with E-state index >= 15 is 0 Å². The van der Waals surface area contributed by atoms with Crippen molar-refractivity contribution in [2.75, 3.05) is 72.1 Å². The Labute approximate surface area is 152 Å². The summed E-state index contributed by atoms with van der Waals surface area (Å²) in [5.74, 6) is 0. The molecule has 0 radical (unpaired) electrons. The van der Waals surface area contributed by atoms with Gasteiger partial charge in [0, 0.05) is 58.9 Å². The average molecular weight is 353 g/mol. The first-order valence-electron chi connectivity index (χ1n) is 10.5. The zero-order valence-electron chi connectivity index (χ0n) is 15.7. The van der Waals surface area contributed by atoms with Crippen LogP contribution < -0.4 is 5.32 Å². The van der Waals surface area contributed by atoms with E-state index in [1.165, 1.54) is 71.2 Å². The summed E-state index contributed by atoms with van der Waals surface area (Å²) < 4.78 is 5.66. The highest BCUT2D eigenvalue weighted by atomic mass is 16.5. The molecule has 1 N–H and O–H groups in total. The topological polar surface area (TPSA) is 37.5 Å². The maximum Gasteiger partial charge on any atom is 0.0935 e. The molecule has 0 aliphatic carbocycles. The number of nitrogens with zero attached hydrogens (tertiary/aromatic N) is 5. The molecule has 1 atom stereocenters. The van der Waals surface area contributed by atoms with Gasteiger partial charge < -0.3 is 10.1 Å². The monoisotopic (exact) mass is 352 g/mol. The van der Waals surface area contributed by atoms with Crippen molar-refractivity contribution >= 4 is 0 Å². The number of morpholine rings is 1. The second kappa shape index (κ2) is 9.08. The van der Waals surface area contributed by atoms with Crippen LogP contribution in [0.5, 0.6) is 0 Å². The van der Waals surface area contributed by atoms with Gasteiger partial charge in [-0.15, -0.1) is 5.12 Å². The van der Waals surface area contributed by atoms with Gasteiger partial charge in [0.25, 0.3) is 0 Å². The Hall–Kier alpha value is -0.280. The van der Waals surface area contributed by atoms with Gasteiger partial charge in [0.1, 0.15) is 0 Å². The molecular weight excluding hydrogens is 316 g/mol. The van der Waals surface area contributed by atoms with E-state index in [0.717, 1.165) is 39.4 Å². The minimum absolute atomic E-state index is 0.504. The predicted molar refractivity (Wildman–Crippen MR) is 98.4 cm³/mol. The van der Waals surface area contributed by atoms with Crippen LogP contribution in [-0.4, -0.2) is 103 Å². The van der Waals surface area contributed by atoms with Crippen molar-refractivity contribution in [3.63, 3.8) is 0 Å². The van der Waals surface area contributed by atoms with Crippen molar-refractivity contribution in [2.24, 2.45) is 0 Å². The molecule has 7 nitrogen and oxygen atoms in total. The van der Waals surface area contributed by atoms with E-state index in [1.54, 1.807) is 0 Å². The van der Waals surface area contributed by atoms with Crippen LogP contribution in [0.1, 0.15) is 38.5 Å². The Morgan fingerprint density at radius 3 is 2.16 bits per heavy atom. The van der Waals surface area contributed by atoms with Crippen molar-refractivity contribution in [2.45, 2.75) is 44.7 Å². The van der Waals surface area contributed by atoms with Gasteiger partial charge in [-0.1, -0.05) is 6.42 Å². The van der Waals surface area contributed by atoms with E-state index in [9.17, 15) is 0 Å². The summed E-state index contributed by atoms with van der Waals surface area (Å²) in [6, 6.07) is 0. The summed E-state index contributed by atoms with van der Waals surface area (Å²) >= 11 is 0. The number of ether oxygens (including phenoxy) is 1. The third-order valence-corrected chi connectivity index (χ3v) is 6.08. The van der Waals surface area contributed by atoms with Crippen molar-refractivity contribution in [3.8, 4) is 0 Å². The Balaban J connectivity index is 1.57. The van der Waals surface area contributed by atoms with E-state index in [1.807, 2.05) is 0 Å². The normalized spacial score (nSPS) is 33.4. The summed E-state index contributed by atoms with van der Waals surface area (Å²) in [7, 11) is 0. The zero-order chi connectivity index (χ0) is 16.9. The molecule has 4 rings (SSSR count). The van der Waals surface area contributed by atoms with Crippen molar-refractivity contribution in [1.29, 1.82) is 0 Å². The number of rotatable bonds is 3. The third-order valence-electron chi connectivity index (χ3n) is 6.08. The van der Waals surface area contributed by atoms with Crippen LogP contribution in [0.4, 0.5) is 0 Å². The quantitative estimate of drug-likeness (QED) is 0.796. The lowest BCUT2D eigenvalue weighted by Crippen LogP contribution is -2.69. The lowest BCUT2D eigenvalue weighted by molar-refractivity contribution is -0.324. The smallest absolute Gasteiger partial charge is 0.0935 e. The molecule has 0 aromatic rings. The van der Waals surface area contributed by atoms with Gasteiger partial charge in [-0.3, -0.25) is 4.90 Å². The molecular formula is C18H36N6O. The van der Waals surface area contributed by atoms with Crippen LogP contribution in [-0.2, 0) is 4.74 Å². The average Bonchev–Trinajstić information content (AvgIpc) is 2.93.